The van der Waals surface area contributed by atoms with Gasteiger partial charge in [-0.25, -0.2) is 4.98 Å². The monoisotopic (exact) mass is 407 g/mol. The summed E-state index contributed by atoms with van der Waals surface area (Å²) in [6, 6.07) is 13.1. The molecule has 1 aliphatic carbocycles. The Morgan fingerprint density at radius 2 is 1.97 bits per heavy atom. The summed E-state index contributed by atoms with van der Waals surface area (Å²) < 4.78 is 5.40. The molecule has 1 saturated carbocycles. The molecule has 29 heavy (non-hydrogen) atoms. The van der Waals surface area contributed by atoms with Gasteiger partial charge in [0.25, 0.3) is 0 Å². The van der Waals surface area contributed by atoms with Gasteiger partial charge in [-0.1, -0.05) is 28.9 Å². The van der Waals surface area contributed by atoms with Crippen LogP contribution in [0.2, 0.25) is 5.02 Å². The van der Waals surface area contributed by atoms with Gasteiger partial charge in [0.05, 0.1) is 6.54 Å². The third-order valence-electron chi connectivity index (χ3n) is 4.65. The van der Waals surface area contributed by atoms with Crippen LogP contribution >= 0.6 is 11.6 Å². The van der Waals surface area contributed by atoms with Gasteiger partial charge in [0.2, 0.25) is 5.95 Å². The Morgan fingerprint density at radius 1 is 1.10 bits per heavy atom. The number of rotatable bonds is 7. The highest BCUT2D eigenvalue weighted by Crippen LogP contribution is 2.39. The molecule has 0 aliphatic heterocycles. The second-order valence-electron chi connectivity index (χ2n) is 6.91. The average Bonchev–Trinajstić information content (AvgIpc) is 3.29. The van der Waals surface area contributed by atoms with Crippen molar-refractivity contribution in [3.05, 3.63) is 65.1 Å². The fourth-order valence-electron chi connectivity index (χ4n) is 2.97. The Hall–Kier alpha value is -3.39. The lowest BCUT2D eigenvalue weighted by molar-refractivity contribution is 0.390. The number of nitrogens with one attached hydrogen (secondary N) is 3. The van der Waals surface area contributed by atoms with Gasteiger partial charge in [-0.2, -0.15) is 10.1 Å². The van der Waals surface area contributed by atoms with Gasteiger partial charge in [0.1, 0.15) is 11.5 Å². The number of benzene rings is 1. The predicted octanol–water partition coefficient (Wildman–Crippen LogP) is 4.74. The zero-order valence-electron chi connectivity index (χ0n) is 15.4. The van der Waals surface area contributed by atoms with E-state index in [4.69, 9.17) is 16.1 Å². The maximum Gasteiger partial charge on any atom is 0.224 e. The smallest absolute Gasteiger partial charge is 0.224 e. The summed E-state index contributed by atoms with van der Waals surface area (Å²) in [5, 5.41) is 18.5. The molecule has 1 aliphatic rings. The Balaban J connectivity index is 1.22. The summed E-state index contributed by atoms with van der Waals surface area (Å²) in [5.41, 5.74) is 2.86. The van der Waals surface area contributed by atoms with Crippen molar-refractivity contribution in [1.29, 1.82) is 0 Å². The lowest BCUT2D eigenvalue weighted by atomic mass is 10.1. The molecule has 4 aromatic rings. The highest BCUT2D eigenvalue weighted by atomic mass is 35.5. The van der Waals surface area contributed by atoms with E-state index in [1.54, 1.807) is 12.3 Å². The van der Waals surface area contributed by atoms with E-state index < -0.39 is 0 Å². The molecular formula is C20H18ClN7O. The lowest BCUT2D eigenvalue weighted by Crippen LogP contribution is -2.04. The predicted molar refractivity (Wildman–Crippen MR) is 110 cm³/mol. The molecule has 0 atom stereocenters. The molecule has 0 saturated heterocycles. The van der Waals surface area contributed by atoms with E-state index in [1.165, 1.54) is 18.5 Å². The zero-order chi connectivity index (χ0) is 19.6. The van der Waals surface area contributed by atoms with Crippen LogP contribution in [0.15, 0.2) is 53.2 Å². The number of aromatic amines is 1. The van der Waals surface area contributed by atoms with Crippen molar-refractivity contribution in [1.82, 2.24) is 25.3 Å². The summed E-state index contributed by atoms with van der Waals surface area (Å²) in [7, 11) is 0. The van der Waals surface area contributed by atoms with Crippen LogP contribution in [0.1, 0.15) is 30.2 Å². The molecule has 1 fully saturated rings. The van der Waals surface area contributed by atoms with Crippen molar-refractivity contribution in [3.8, 4) is 11.3 Å². The SMILES string of the molecule is Clc1ccc(-c2cc(CNc3nccc(Nc4cc(C5CC5)[nH]n4)n3)on2)cc1. The summed E-state index contributed by atoms with van der Waals surface area (Å²) in [4.78, 5) is 8.71. The summed E-state index contributed by atoms with van der Waals surface area (Å²) in [5.74, 6) is 3.20. The van der Waals surface area contributed by atoms with Gasteiger partial charge in [-0.15, -0.1) is 0 Å². The largest absolute Gasteiger partial charge is 0.359 e. The van der Waals surface area contributed by atoms with Gasteiger partial charge in [-0.05, 0) is 31.0 Å². The molecule has 5 rings (SSSR count). The number of halogens is 1. The third-order valence-corrected chi connectivity index (χ3v) is 4.90. The molecule has 3 aromatic heterocycles. The first-order chi connectivity index (χ1) is 14.2. The van der Waals surface area contributed by atoms with Crippen molar-refractivity contribution in [3.63, 3.8) is 0 Å². The van der Waals surface area contributed by atoms with Crippen LogP contribution in [-0.2, 0) is 6.54 Å². The van der Waals surface area contributed by atoms with Crippen molar-refractivity contribution >= 4 is 29.2 Å². The minimum atomic E-state index is 0.415. The summed E-state index contributed by atoms with van der Waals surface area (Å²) in [6.45, 7) is 0.415. The van der Waals surface area contributed by atoms with E-state index in [0.29, 0.717) is 35.0 Å². The maximum absolute atomic E-state index is 5.92. The van der Waals surface area contributed by atoms with E-state index in [-0.39, 0.29) is 0 Å². The lowest BCUT2D eigenvalue weighted by Gasteiger charge is -2.05. The molecule has 9 heteroatoms. The molecule has 1 aromatic carbocycles. The fraction of sp³-hybridized carbons (Fsp3) is 0.200. The van der Waals surface area contributed by atoms with E-state index in [9.17, 15) is 0 Å². The number of anilines is 3. The number of nitrogens with zero attached hydrogens (tertiary/aromatic N) is 4. The molecular weight excluding hydrogens is 390 g/mol. The van der Waals surface area contributed by atoms with Crippen molar-refractivity contribution in [2.75, 3.05) is 10.6 Å². The van der Waals surface area contributed by atoms with Crippen molar-refractivity contribution < 1.29 is 4.52 Å². The minimum absolute atomic E-state index is 0.415. The standard InChI is InChI=1S/C20H18ClN7O/c21-14-5-3-13(4-6-14)17-9-15(29-28-17)11-23-20-22-8-7-18(25-20)24-19-10-16(26-27-19)12-1-2-12/h3-10,12H,1-2,11H2,(H3,22,23,24,25,26,27). The van der Waals surface area contributed by atoms with Crippen LogP contribution in [0.3, 0.4) is 0 Å². The highest BCUT2D eigenvalue weighted by Gasteiger charge is 2.25. The molecule has 0 radical (unpaired) electrons. The topological polar surface area (TPSA) is 105 Å². The summed E-state index contributed by atoms with van der Waals surface area (Å²) in [6.07, 6.45) is 4.14. The Bertz CT molecular complexity index is 1120. The van der Waals surface area contributed by atoms with Gasteiger partial charge < -0.3 is 15.2 Å². The minimum Gasteiger partial charge on any atom is -0.359 e. The highest BCUT2D eigenvalue weighted by molar-refractivity contribution is 6.30. The first kappa shape index (κ1) is 17.7. The van der Waals surface area contributed by atoms with Gasteiger partial charge >= 0.3 is 0 Å². The number of hydrogen-bond acceptors (Lipinski definition) is 7. The molecule has 0 amide bonds. The number of H-pyrrole nitrogens is 1. The van der Waals surface area contributed by atoms with Crippen LogP contribution in [0, 0.1) is 0 Å². The third kappa shape index (κ3) is 4.22. The van der Waals surface area contributed by atoms with E-state index in [1.807, 2.05) is 36.4 Å². The molecule has 146 valence electrons. The van der Waals surface area contributed by atoms with E-state index in [2.05, 4.69) is 36.0 Å². The Morgan fingerprint density at radius 3 is 2.79 bits per heavy atom. The van der Waals surface area contributed by atoms with Crippen molar-refractivity contribution in [2.45, 2.75) is 25.3 Å². The molecule has 3 heterocycles. The van der Waals surface area contributed by atoms with Gasteiger partial charge in [0, 0.05) is 40.5 Å². The van der Waals surface area contributed by atoms with E-state index >= 15 is 0 Å². The first-order valence-electron chi connectivity index (χ1n) is 9.34. The van der Waals surface area contributed by atoms with Crippen LogP contribution in [-0.4, -0.2) is 25.3 Å². The van der Waals surface area contributed by atoms with E-state index in [0.717, 1.165) is 17.1 Å². The van der Waals surface area contributed by atoms with Crippen LogP contribution in [0.25, 0.3) is 11.3 Å². The molecule has 0 bridgehead atoms. The van der Waals surface area contributed by atoms with Crippen molar-refractivity contribution in [2.24, 2.45) is 0 Å². The second kappa shape index (κ2) is 7.56. The molecule has 0 spiro atoms. The molecule has 3 N–H and O–H groups in total. The van der Waals surface area contributed by atoms with Crippen LogP contribution in [0.5, 0.6) is 0 Å². The molecule has 0 unspecified atom stereocenters. The molecule has 8 nitrogen and oxygen atoms in total. The maximum atomic E-state index is 5.92. The second-order valence-corrected chi connectivity index (χ2v) is 7.35. The normalized spacial score (nSPS) is 13.4. The quantitative estimate of drug-likeness (QED) is 0.406. The van der Waals surface area contributed by atoms with Gasteiger partial charge in [0.15, 0.2) is 11.6 Å². The zero-order valence-corrected chi connectivity index (χ0v) is 16.1. The first-order valence-corrected chi connectivity index (χ1v) is 9.71. The fourth-order valence-corrected chi connectivity index (χ4v) is 3.09. The summed E-state index contributed by atoms with van der Waals surface area (Å²) >= 11 is 5.92. The average molecular weight is 408 g/mol. The Labute approximate surface area is 171 Å². The Kier molecular flexibility index (Phi) is 4.61. The van der Waals surface area contributed by atoms with Crippen LogP contribution < -0.4 is 10.6 Å². The number of hydrogen-bond donors (Lipinski definition) is 3. The van der Waals surface area contributed by atoms with Crippen LogP contribution in [0.4, 0.5) is 17.6 Å². The van der Waals surface area contributed by atoms with Gasteiger partial charge in [-0.3, -0.25) is 5.10 Å². The number of aromatic nitrogens is 5.